The minimum absolute atomic E-state index is 0.289. The number of nitrogens with one attached hydrogen (secondary N) is 1. The number of benzene rings is 1. The van der Waals surface area contributed by atoms with E-state index in [-0.39, 0.29) is 6.10 Å². The summed E-state index contributed by atoms with van der Waals surface area (Å²) in [5.74, 6) is 0.798. The van der Waals surface area contributed by atoms with Gasteiger partial charge in [0.1, 0.15) is 5.75 Å². The summed E-state index contributed by atoms with van der Waals surface area (Å²) in [6.45, 7) is 0.711. The van der Waals surface area contributed by atoms with Crippen molar-refractivity contribution in [1.29, 1.82) is 0 Å². The Labute approximate surface area is 125 Å². The van der Waals surface area contributed by atoms with Crippen LogP contribution in [0.25, 0.3) is 0 Å². The van der Waals surface area contributed by atoms with Gasteiger partial charge in [0.2, 0.25) is 0 Å². The number of ether oxygens (including phenoxy) is 1. The molecule has 106 valence electrons. The zero-order chi connectivity index (χ0) is 13.7. The maximum absolute atomic E-state index is 6.29. The van der Waals surface area contributed by atoms with E-state index in [9.17, 15) is 0 Å². The Hall–Kier alpha value is -0.440. The molecule has 1 aromatic carbocycles. The van der Waals surface area contributed by atoms with Crippen molar-refractivity contribution in [1.82, 2.24) is 5.32 Å². The van der Waals surface area contributed by atoms with E-state index in [1.165, 1.54) is 25.7 Å². The fraction of sp³-hybridized carbons (Fsp3) is 0.600. The summed E-state index contributed by atoms with van der Waals surface area (Å²) in [6.07, 6.45) is 7.66. The lowest BCUT2D eigenvalue weighted by atomic mass is 10.1. The molecule has 1 N–H and O–H groups in total. The lowest BCUT2D eigenvalue weighted by molar-refractivity contribution is 0.182. The van der Waals surface area contributed by atoms with Crippen LogP contribution in [-0.2, 0) is 6.54 Å². The third-order valence-electron chi connectivity index (χ3n) is 3.54. The smallest absolute Gasteiger partial charge is 0.142 e. The van der Waals surface area contributed by atoms with Crippen molar-refractivity contribution in [3.05, 3.63) is 27.7 Å². The molecular weight excluding hydrogens is 281 g/mol. The fourth-order valence-corrected chi connectivity index (χ4v) is 3.17. The average Bonchev–Trinajstić information content (AvgIpc) is 2.62. The molecule has 1 fully saturated rings. The van der Waals surface area contributed by atoms with E-state index in [1.807, 2.05) is 13.1 Å². The van der Waals surface area contributed by atoms with Crippen LogP contribution in [0, 0.1) is 0 Å². The third kappa shape index (κ3) is 4.27. The highest BCUT2D eigenvalue weighted by Gasteiger charge is 2.18. The van der Waals surface area contributed by atoms with E-state index in [0.717, 1.165) is 24.2 Å². The Kier molecular flexibility index (Phi) is 5.80. The van der Waals surface area contributed by atoms with E-state index >= 15 is 0 Å². The molecule has 0 saturated heterocycles. The highest BCUT2D eigenvalue weighted by atomic mass is 35.5. The topological polar surface area (TPSA) is 21.3 Å². The van der Waals surface area contributed by atoms with Crippen LogP contribution in [0.2, 0.25) is 10.0 Å². The highest BCUT2D eigenvalue weighted by Crippen LogP contribution is 2.34. The average molecular weight is 302 g/mol. The fourth-order valence-electron chi connectivity index (χ4n) is 2.59. The van der Waals surface area contributed by atoms with E-state index in [2.05, 4.69) is 5.32 Å². The van der Waals surface area contributed by atoms with E-state index < -0.39 is 0 Å². The van der Waals surface area contributed by atoms with Gasteiger partial charge in [0.05, 0.1) is 11.1 Å². The summed E-state index contributed by atoms with van der Waals surface area (Å²) in [6, 6.07) is 3.68. The quantitative estimate of drug-likeness (QED) is 0.806. The molecule has 0 unspecified atom stereocenters. The monoisotopic (exact) mass is 301 g/mol. The molecule has 1 aliphatic rings. The van der Waals surface area contributed by atoms with E-state index in [0.29, 0.717) is 16.6 Å². The predicted octanol–water partition coefficient (Wildman–Crippen LogP) is 4.81. The standard InChI is InChI=1S/C15H21Cl2NO/c1-18-10-11-8-12(16)9-14(17)15(11)19-13-6-4-2-3-5-7-13/h8-9,13,18H,2-7,10H2,1H3. The Balaban J connectivity index is 2.17. The number of halogens is 2. The summed E-state index contributed by atoms with van der Waals surface area (Å²) < 4.78 is 6.17. The number of hydrogen-bond donors (Lipinski definition) is 1. The van der Waals surface area contributed by atoms with Gasteiger partial charge in [-0.1, -0.05) is 36.0 Å². The van der Waals surface area contributed by atoms with Crippen LogP contribution < -0.4 is 10.1 Å². The van der Waals surface area contributed by atoms with Crippen LogP contribution in [0.3, 0.4) is 0 Å². The van der Waals surface area contributed by atoms with Crippen LogP contribution in [-0.4, -0.2) is 13.2 Å². The molecule has 0 spiro atoms. The second-order valence-electron chi connectivity index (χ2n) is 5.14. The molecule has 2 nitrogen and oxygen atoms in total. The Bertz CT molecular complexity index is 415. The van der Waals surface area contributed by atoms with Gasteiger partial charge in [-0.15, -0.1) is 0 Å². The first-order valence-electron chi connectivity index (χ1n) is 7.00. The Morgan fingerprint density at radius 2 is 1.84 bits per heavy atom. The van der Waals surface area contributed by atoms with Crippen molar-refractivity contribution in [2.24, 2.45) is 0 Å². The van der Waals surface area contributed by atoms with E-state index in [1.54, 1.807) is 6.07 Å². The van der Waals surface area contributed by atoms with Crippen LogP contribution in [0.15, 0.2) is 12.1 Å². The minimum atomic E-state index is 0.289. The third-order valence-corrected chi connectivity index (χ3v) is 4.04. The van der Waals surface area contributed by atoms with Crippen molar-refractivity contribution in [2.75, 3.05) is 7.05 Å². The maximum atomic E-state index is 6.29. The highest BCUT2D eigenvalue weighted by molar-refractivity contribution is 6.35. The Morgan fingerprint density at radius 3 is 2.47 bits per heavy atom. The molecule has 0 heterocycles. The predicted molar refractivity (Wildman–Crippen MR) is 81.3 cm³/mol. The van der Waals surface area contributed by atoms with Crippen LogP contribution >= 0.6 is 23.2 Å². The molecular formula is C15H21Cl2NO. The largest absolute Gasteiger partial charge is 0.489 e. The first-order chi connectivity index (χ1) is 9.20. The summed E-state index contributed by atoms with van der Waals surface area (Å²) in [7, 11) is 1.91. The van der Waals surface area contributed by atoms with Gasteiger partial charge in [0, 0.05) is 17.1 Å². The van der Waals surface area contributed by atoms with Crippen molar-refractivity contribution in [3.63, 3.8) is 0 Å². The zero-order valence-electron chi connectivity index (χ0n) is 11.3. The number of hydrogen-bond acceptors (Lipinski definition) is 2. The lowest BCUT2D eigenvalue weighted by Crippen LogP contribution is -2.17. The SMILES string of the molecule is CNCc1cc(Cl)cc(Cl)c1OC1CCCCCC1. The van der Waals surface area contributed by atoms with Gasteiger partial charge < -0.3 is 10.1 Å². The summed E-state index contributed by atoms with van der Waals surface area (Å²) in [5, 5.41) is 4.40. The molecule has 0 atom stereocenters. The van der Waals surface area contributed by atoms with Gasteiger partial charge in [-0.3, -0.25) is 0 Å². The van der Waals surface area contributed by atoms with Crippen LogP contribution in [0.4, 0.5) is 0 Å². The Morgan fingerprint density at radius 1 is 1.16 bits per heavy atom. The molecule has 1 saturated carbocycles. The molecule has 2 rings (SSSR count). The summed E-state index contributed by atoms with van der Waals surface area (Å²) >= 11 is 12.4. The van der Waals surface area contributed by atoms with Gasteiger partial charge >= 0.3 is 0 Å². The second-order valence-corrected chi connectivity index (χ2v) is 5.98. The summed E-state index contributed by atoms with van der Waals surface area (Å²) in [4.78, 5) is 0. The van der Waals surface area contributed by atoms with Gasteiger partial charge in [-0.2, -0.15) is 0 Å². The molecule has 0 aromatic heterocycles. The first-order valence-corrected chi connectivity index (χ1v) is 7.75. The van der Waals surface area contributed by atoms with Gasteiger partial charge in [0.15, 0.2) is 0 Å². The molecule has 0 bridgehead atoms. The maximum Gasteiger partial charge on any atom is 0.142 e. The van der Waals surface area contributed by atoms with Crippen LogP contribution in [0.1, 0.15) is 44.1 Å². The normalized spacial score (nSPS) is 17.2. The number of rotatable bonds is 4. The van der Waals surface area contributed by atoms with Gasteiger partial charge in [-0.25, -0.2) is 0 Å². The molecule has 1 aliphatic carbocycles. The molecule has 4 heteroatoms. The molecule has 0 radical (unpaired) electrons. The van der Waals surface area contributed by atoms with E-state index in [4.69, 9.17) is 27.9 Å². The van der Waals surface area contributed by atoms with Gasteiger partial charge in [0.25, 0.3) is 0 Å². The first kappa shape index (κ1) is 15.0. The molecule has 0 amide bonds. The molecule has 1 aromatic rings. The van der Waals surface area contributed by atoms with Crippen molar-refractivity contribution >= 4 is 23.2 Å². The second kappa shape index (κ2) is 7.37. The van der Waals surface area contributed by atoms with Crippen LogP contribution in [0.5, 0.6) is 5.75 Å². The molecule has 19 heavy (non-hydrogen) atoms. The summed E-state index contributed by atoms with van der Waals surface area (Å²) in [5.41, 5.74) is 1.03. The van der Waals surface area contributed by atoms with Crippen molar-refractivity contribution < 1.29 is 4.74 Å². The molecule has 0 aliphatic heterocycles. The zero-order valence-corrected chi connectivity index (χ0v) is 12.9. The minimum Gasteiger partial charge on any atom is -0.489 e. The van der Waals surface area contributed by atoms with Crippen molar-refractivity contribution in [3.8, 4) is 5.75 Å². The lowest BCUT2D eigenvalue weighted by Gasteiger charge is -2.20. The van der Waals surface area contributed by atoms with Crippen molar-refractivity contribution in [2.45, 2.75) is 51.2 Å². The van der Waals surface area contributed by atoms with Gasteiger partial charge in [-0.05, 0) is 44.9 Å².